The SMILES string of the molecule is Cc1ccccc1-n1ncc(C(=O)[O-])c1-c1ccccc1. The van der Waals surface area contributed by atoms with Crippen LogP contribution in [0.15, 0.2) is 60.8 Å². The highest BCUT2D eigenvalue weighted by Gasteiger charge is 2.15. The van der Waals surface area contributed by atoms with Gasteiger partial charge in [-0.2, -0.15) is 5.10 Å². The molecule has 0 atom stereocenters. The van der Waals surface area contributed by atoms with Crippen molar-refractivity contribution in [3.05, 3.63) is 71.9 Å². The van der Waals surface area contributed by atoms with Crippen LogP contribution in [0.3, 0.4) is 0 Å². The van der Waals surface area contributed by atoms with Crippen molar-refractivity contribution in [3.8, 4) is 16.9 Å². The lowest BCUT2D eigenvalue weighted by molar-refractivity contribution is -0.254. The van der Waals surface area contributed by atoms with Crippen LogP contribution in [0.25, 0.3) is 16.9 Å². The maximum absolute atomic E-state index is 11.4. The molecule has 0 unspecified atom stereocenters. The Morgan fingerprint density at radius 2 is 1.71 bits per heavy atom. The third-order valence-corrected chi connectivity index (χ3v) is 3.38. The van der Waals surface area contributed by atoms with Crippen molar-refractivity contribution in [3.63, 3.8) is 0 Å². The van der Waals surface area contributed by atoms with Crippen molar-refractivity contribution in [2.45, 2.75) is 6.92 Å². The van der Waals surface area contributed by atoms with E-state index in [1.165, 1.54) is 6.20 Å². The first-order valence-electron chi connectivity index (χ1n) is 6.59. The number of carboxylic acids is 1. The van der Waals surface area contributed by atoms with Gasteiger partial charge in [0.2, 0.25) is 0 Å². The average Bonchev–Trinajstić information content (AvgIpc) is 2.93. The molecular weight excluding hydrogens is 264 g/mol. The van der Waals surface area contributed by atoms with Gasteiger partial charge in [0.1, 0.15) is 0 Å². The average molecular weight is 277 g/mol. The van der Waals surface area contributed by atoms with Crippen molar-refractivity contribution in [2.75, 3.05) is 0 Å². The number of rotatable bonds is 3. The van der Waals surface area contributed by atoms with E-state index in [1.807, 2.05) is 61.5 Å². The Kier molecular flexibility index (Phi) is 3.28. The van der Waals surface area contributed by atoms with Gasteiger partial charge in [0, 0.05) is 11.1 Å². The van der Waals surface area contributed by atoms with Crippen LogP contribution in [0.1, 0.15) is 15.9 Å². The first kappa shape index (κ1) is 13.1. The van der Waals surface area contributed by atoms with E-state index in [1.54, 1.807) is 4.68 Å². The summed E-state index contributed by atoms with van der Waals surface area (Å²) in [5.41, 5.74) is 3.28. The molecule has 0 spiro atoms. The van der Waals surface area contributed by atoms with E-state index in [0.29, 0.717) is 5.69 Å². The van der Waals surface area contributed by atoms with Crippen LogP contribution in [0.5, 0.6) is 0 Å². The monoisotopic (exact) mass is 277 g/mol. The lowest BCUT2D eigenvalue weighted by Crippen LogP contribution is -2.22. The van der Waals surface area contributed by atoms with Crippen LogP contribution < -0.4 is 5.11 Å². The number of carbonyl (C=O) groups is 1. The zero-order chi connectivity index (χ0) is 14.8. The number of hydrogen-bond donors (Lipinski definition) is 0. The number of aromatic nitrogens is 2. The number of para-hydroxylation sites is 1. The summed E-state index contributed by atoms with van der Waals surface area (Å²) in [5, 5.41) is 15.6. The van der Waals surface area contributed by atoms with Crippen molar-refractivity contribution in [1.29, 1.82) is 0 Å². The lowest BCUT2D eigenvalue weighted by Gasteiger charge is -2.12. The second kappa shape index (κ2) is 5.25. The van der Waals surface area contributed by atoms with Crippen LogP contribution in [0.4, 0.5) is 0 Å². The number of nitrogens with zero attached hydrogens (tertiary/aromatic N) is 2. The third-order valence-electron chi connectivity index (χ3n) is 3.38. The van der Waals surface area contributed by atoms with E-state index < -0.39 is 5.97 Å². The van der Waals surface area contributed by atoms with Gasteiger partial charge in [0.25, 0.3) is 0 Å². The van der Waals surface area contributed by atoms with E-state index in [0.717, 1.165) is 16.8 Å². The van der Waals surface area contributed by atoms with E-state index >= 15 is 0 Å². The van der Waals surface area contributed by atoms with Gasteiger partial charge in [0.05, 0.1) is 23.5 Å². The summed E-state index contributed by atoms with van der Waals surface area (Å²) in [6, 6.07) is 17.0. The fourth-order valence-electron chi connectivity index (χ4n) is 2.36. The minimum atomic E-state index is -1.23. The van der Waals surface area contributed by atoms with E-state index in [-0.39, 0.29) is 5.56 Å². The molecule has 104 valence electrons. The zero-order valence-electron chi connectivity index (χ0n) is 11.5. The van der Waals surface area contributed by atoms with Gasteiger partial charge in [0.15, 0.2) is 0 Å². The molecule has 0 saturated carbocycles. The topological polar surface area (TPSA) is 58.0 Å². The summed E-state index contributed by atoms with van der Waals surface area (Å²) >= 11 is 0. The van der Waals surface area contributed by atoms with E-state index in [9.17, 15) is 9.90 Å². The smallest absolute Gasteiger partial charge is 0.0831 e. The van der Waals surface area contributed by atoms with Gasteiger partial charge in [-0.1, -0.05) is 48.5 Å². The fraction of sp³-hybridized carbons (Fsp3) is 0.0588. The molecule has 3 aromatic rings. The number of aromatic carboxylic acids is 1. The van der Waals surface area contributed by atoms with Gasteiger partial charge >= 0.3 is 0 Å². The predicted octanol–water partition coefficient (Wildman–Crippen LogP) is 2.21. The Bertz CT molecular complexity index is 792. The van der Waals surface area contributed by atoms with Crippen LogP contribution in [0, 0.1) is 6.92 Å². The van der Waals surface area contributed by atoms with Crippen molar-refractivity contribution in [1.82, 2.24) is 9.78 Å². The largest absolute Gasteiger partial charge is 0.545 e. The van der Waals surface area contributed by atoms with Crippen molar-refractivity contribution >= 4 is 5.97 Å². The predicted molar refractivity (Wildman–Crippen MR) is 78.1 cm³/mol. The van der Waals surface area contributed by atoms with E-state index in [2.05, 4.69) is 5.10 Å². The summed E-state index contributed by atoms with van der Waals surface area (Å²) in [5.74, 6) is -1.23. The lowest BCUT2D eigenvalue weighted by atomic mass is 10.1. The number of hydrogen-bond acceptors (Lipinski definition) is 3. The fourth-order valence-corrected chi connectivity index (χ4v) is 2.36. The maximum atomic E-state index is 11.4. The molecule has 3 rings (SSSR count). The molecule has 1 aromatic heterocycles. The van der Waals surface area contributed by atoms with Crippen LogP contribution in [0.2, 0.25) is 0 Å². The number of carboxylic acid groups (broad SMARTS) is 1. The Balaban J connectivity index is 2.28. The number of carbonyl (C=O) groups excluding carboxylic acids is 1. The highest BCUT2D eigenvalue weighted by atomic mass is 16.4. The summed E-state index contributed by atoms with van der Waals surface area (Å²) in [7, 11) is 0. The van der Waals surface area contributed by atoms with Crippen molar-refractivity contribution < 1.29 is 9.90 Å². The van der Waals surface area contributed by atoms with Gasteiger partial charge in [-0.05, 0) is 18.6 Å². The molecule has 4 heteroatoms. The molecule has 1 heterocycles. The molecule has 0 saturated heterocycles. The molecule has 0 radical (unpaired) electrons. The summed E-state index contributed by atoms with van der Waals surface area (Å²) in [4.78, 5) is 11.4. The van der Waals surface area contributed by atoms with Gasteiger partial charge in [-0.3, -0.25) is 0 Å². The Hall–Kier alpha value is -2.88. The minimum absolute atomic E-state index is 0.0875. The van der Waals surface area contributed by atoms with Gasteiger partial charge in [-0.15, -0.1) is 0 Å². The minimum Gasteiger partial charge on any atom is -0.545 e. The molecule has 0 aliphatic rings. The number of aryl methyl sites for hydroxylation is 1. The molecule has 0 fully saturated rings. The molecule has 0 bridgehead atoms. The Morgan fingerprint density at radius 1 is 1.05 bits per heavy atom. The second-order valence-electron chi connectivity index (χ2n) is 4.76. The quantitative estimate of drug-likeness (QED) is 0.737. The Morgan fingerprint density at radius 3 is 2.38 bits per heavy atom. The van der Waals surface area contributed by atoms with Crippen LogP contribution in [-0.4, -0.2) is 15.7 Å². The summed E-state index contributed by atoms with van der Waals surface area (Å²) < 4.78 is 1.65. The maximum Gasteiger partial charge on any atom is 0.0831 e. The van der Waals surface area contributed by atoms with E-state index in [4.69, 9.17) is 0 Å². The second-order valence-corrected chi connectivity index (χ2v) is 4.76. The molecule has 2 aromatic carbocycles. The molecule has 21 heavy (non-hydrogen) atoms. The molecule has 0 aliphatic carbocycles. The highest BCUT2D eigenvalue weighted by molar-refractivity contribution is 5.93. The highest BCUT2D eigenvalue weighted by Crippen LogP contribution is 2.27. The van der Waals surface area contributed by atoms with Gasteiger partial charge in [-0.25, -0.2) is 4.68 Å². The summed E-state index contributed by atoms with van der Waals surface area (Å²) in [6.45, 7) is 1.96. The van der Waals surface area contributed by atoms with Crippen molar-refractivity contribution in [2.24, 2.45) is 0 Å². The molecule has 0 N–H and O–H groups in total. The van der Waals surface area contributed by atoms with Crippen LogP contribution in [-0.2, 0) is 0 Å². The molecule has 0 aliphatic heterocycles. The Labute approximate surface area is 122 Å². The number of benzene rings is 2. The normalized spacial score (nSPS) is 10.5. The molecular formula is C17H13N2O2-. The standard InChI is InChI=1S/C17H14N2O2/c1-12-7-5-6-10-15(12)19-16(13-8-3-2-4-9-13)14(11-18-19)17(20)21/h2-11H,1H3,(H,20,21)/p-1. The summed E-state index contributed by atoms with van der Waals surface area (Å²) in [6.07, 6.45) is 1.34. The zero-order valence-corrected chi connectivity index (χ0v) is 11.5. The third kappa shape index (κ3) is 2.31. The van der Waals surface area contributed by atoms with Gasteiger partial charge < -0.3 is 9.90 Å². The first-order valence-corrected chi connectivity index (χ1v) is 6.59. The molecule has 4 nitrogen and oxygen atoms in total. The molecule has 0 amide bonds. The first-order chi connectivity index (χ1) is 10.2. The van der Waals surface area contributed by atoms with Crippen LogP contribution >= 0.6 is 0 Å².